The lowest BCUT2D eigenvalue weighted by molar-refractivity contribution is -0.116. The second-order valence-electron chi connectivity index (χ2n) is 4.18. The van der Waals surface area contributed by atoms with Crippen molar-refractivity contribution in [3.8, 4) is 5.75 Å². The number of amides is 1. The van der Waals surface area contributed by atoms with Crippen LogP contribution in [0.3, 0.4) is 0 Å². The summed E-state index contributed by atoms with van der Waals surface area (Å²) in [5, 5.41) is 4.94. The summed E-state index contributed by atoms with van der Waals surface area (Å²) >= 11 is 1.73. The lowest BCUT2D eigenvalue weighted by Gasteiger charge is -2.09. The second kappa shape index (κ2) is 6.95. The first kappa shape index (κ1) is 13.6. The third kappa shape index (κ3) is 4.10. The van der Waals surface area contributed by atoms with Crippen LogP contribution in [0, 0.1) is 0 Å². The average molecular weight is 275 g/mol. The topological polar surface area (TPSA) is 38.3 Å². The van der Waals surface area contributed by atoms with Gasteiger partial charge in [0, 0.05) is 11.3 Å². The van der Waals surface area contributed by atoms with Crippen molar-refractivity contribution in [3.63, 3.8) is 0 Å². The normalized spacial score (nSPS) is 10.2. The molecule has 1 aromatic carbocycles. The number of benzene rings is 1. The first-order valence-electron chi connectivity index (χ1n) is 6.25. The highest BCUT2D eigenvalue weighted by atomic mass is 32.1. The summed E-state index contributed by atoms with van der Waals surface area (Å²) in [6.07, 6.45) is 2.34. The van der Waals surface area contributed by atoms with E-state index in [2.05, 4.69) is 16.8 Å². The largest absolute Gasteiger partial charge is 0.495 e. The third-order valence-electron chi connectivity index (χ3n) is 2.79. The smallest absolute Gasteiger partial charge is 0.224 e. The SMILES string of the molecule is COc1ccccc1NC(=O)CCCc1cccs1. The van der Waals surface area contributed by atoms with Crippen molar-refractivity contribution in [2.75, 3.05) is 12.4 Å². The number of methoxy groups -OCH3 is 1. The fraction of sp³-hybridized carbons (Fsp3) is 0.267. The van der Waals surface area contributed by atoms with Crippen LogP contribution in [0.4, 0.5) is 5.69 Å². The molecule has 0 saturated carbocycles. The Labute approximate surface area is 117 Å². The number of nitrogens with one attached hydrogen (secondary N) is 1. The Kier molecular flexibility index (Phi) is 4.98. The molecule has 0 unspecified atom stereocenters. The Morgan fingerprint density at radius 1 is 1.26 bits per heavy atom. The van der Waals surface area contributed by atoms with Gasteiger partial charge in [0.25, 0.3) is 0 Å². The summed E-state index contributed by atoms with van der Waals surface area (Å²) in [4.78, 5) is 13.2. The molecule has 0 aliphatic carbocycles. The molecule has 0 aliphatic rings. The molecular weight excluding hydrogens is 258 g/mol. The first-order valence-corrected chi connectivity index (χ1v) is 7.13. The maximum Gasteiger partial charge on any atom is 0.224 e. The third-order valence-corrected chi connectivity index (χ3v) is 3.72. The molecule has 1 amide bonds. The lowest BCUT2D eigenvalue weighted by Crippen LogP contribution is -2.12. The first-order chi connectivity index (χ1) is 9.29. The van der Waals surface area contributed by atoms with Gasteiger partial charge in [-0.05, 0) is 36.4 Å². The second-order valence-corrected chi connectivity index (χ2v) is 5.21. The molecule has 100 valence electrons. The number of hydrogen-bond acceptors (Lipinski definition) is 3. The molecule has 0 bridgehead atoms. The molecule has 0 spiro atoms. The minimum Gasteiger partial charge on any atom is -0.495 e. The van der Waals surface area contributed by atoms with Crippen LogP contribution in [0.2, 0.25) is 0 Å². The van der Waals surface area contributed by atoms with Crippen LogP contribution < -0.4 is 10.1 Å². The van der Waals surface area contributed by atoms with Crippen LogP contribution in [0.25, 0.3) is 0 Å². The zero-order chi connectivity index (χ0) is 13.5. The van der Waals surface area contributed by atoms with Gasteiger partial charge in [0.05, 0.1) is 12.8 Å². The zero-order valence-corrected chi connectivity index (χ0v) is 11.7. The molecule has 0 radical (unpaired) electrons. The number of ether oxygens (including phenoxy) is 1. The van der Waals surface area contributed by atoms with Crippen molar-refractivity contribution in [2.24, 2.45) is 0 Å². The molecule has 2 rings (SSSR count). The number of carbonyl (C=O) groups is 1. The molecule has 2 aromatic rings. The minimum absolute atomic E-state index is 0.0288. The molecule has 1 N–H and O–H groups in total. The standard InChI is InChI=1S/C15H17NO2S/c1-18-14-9-3-2-8-13(14)16-15(17)10-4-6-12-7-5-11-19-12/h2-3,5,7-9,11H,4,6,10H2,1H3,(H,16,17). The van der Waals surface area contributed by atoms with Gasteiger partial charge in [0.1, 0.15) is 5.75 Å². The molecule has 1 heterocycles. The Morgan fingerprint density at radius 3 is 2.84 bits per heavy atom. The number of thiophene rings is 1. The van der Waals surface area contributed by atoms with Crippen LogP contribution in [0.15, 0.2) is 41.8 Å². The number of anilines is 1. The summed E-state index contributed by atoms with van der Waals surface area (Å²) in [5.41, 5.74) is 0.728. The van der Waals surface area contributed by atoms with E-state index in [9.17, 15) is 4.79 Å². The van der Waals surface area contributed by atoms with Gasteiger partial charge in [0.2, 0.25) is 5.91 Å². The molecule has 3 nitrogen and oxygen atoms in total. The molecule has 19 heavy (non-hydrogen) atoms. The van der Waals surface area contributed by atoms with E-state index >= 15 is 0 Å². The van der Waals surface area contributed by atoms with Gasteiger partial charge in [-0.15, -0.1) is 11.3 Å². The van der Waals surface area contributed by atoms with Gasteiger partial charge >= 0.3 is 0 Å². The van der Waals surface area contributed by atoms with Crippen molar-refractivity contribution < 1.29 is 9.53 Å². The van der Waals surface area contributed by atoms with E-state index in [0.29, 0.717) is 12.2 Å². The quantitative estimate of drug-likeness (QED) is 0.872. The Hall–Kier alpha value is -1.81. The summed E-state index contributed by atoms with van der Waals surface area (Å²) in [6, 6.07) is 11.6. The van der Waals surface area contributed by atoms with E-state index in [1.54, 1.807) is 18.4 Å². The Bertz CT molecular complexity index is 523. The average Bonchev–Trinajstić information content (AvgIpc) is 2.92. The van der Waals surface area contributed by atoms with Crippen LogP contribution in [0.1, 0.15) is 17.7 Å². The predicted molar refractivity (Wildman–Crippen MR) is 78.9 cm³/mol. The number of rotatable bonds is 6. The highest BCUT2D eigenvalue weighted by molar-refractivity contribution is 7.09. The van der Waals surface area contributed by atoms with E-state index in [0.717, 1.165) is 18.5 Å². The summed E-state index contributed by atoms with van der Waals surface area (Å²) < 4.78 is 5.20. The molecule has 0 aliphatic heterocycles. The van der Waals surface area contributed by atoms with Crippen molar-refractivity contribution in [3.05, 3.63) is 46.7 Å². The molecule has 0 saturated heterocycles. The molecule has 1 aromatic heterocycles. The number of aryl methyl sites for hydroxylation is 1. The Balaban J connectivity index is 1.80. The number of hydrogen-bond donors (Lipinski definition) is 1. The van der Waals surface area contributed by atoms with Gasteiger partial charge in [-0.1, -0.05) is 18.2 Å². The predicted octanol–water partition coefficient (Wildman–Crippen LogP) is 3.72. The summed E-state index contributed by atoms with van der Waals surface area (Å²) in [6.45, 7) is 0. The lowest BCUT2D eigenvalue weighted by atomic mass is 10.2. The minimum atomic E-state index is 0.0288. The van der Waals surface area contributed by atoms with Gasteiger partial charge in [0.15, 0.2) is 0 Å². The van der Waals surface area contributed by atoms with Gasteiger partial charge in [-0.25, -0.2) is 0 Å². The fourth-order valence-electron chi connectivity index (χ4n) is 1.84. The van der Waals surface area contributed by atoms with Crippen molar-refractivity contribution in [2.45, 2.75) is 19.3 Å². The van der Waals surface area contributed by atoms with Gasteiger partial charge in [-0.2, -0.15) is 0 Å². The van der Waals surface area contributed by atoms with Crippen molar-refractivity contribution in [1.29, 1.82) is 0 Å². The Morgan fingerprint density at radius 2 is 2.11 bits per heavy atom. The maximum absolute atomic E-state index is 11.8. The van der Waals surface area contributed by atoms with Gasteiger partial charge < -0.3 is 10.1 Å². The number of carbonyl (C=O) groups excluding carboxylic acids is 1. The van der Waals surface area contributed by atoms with Crippen LogP contribution in [-0.2, 0) is 11.2 Å². The highest BCUT2D eigenvalue weighted by Gasteiger charge is 2.06. The van der Waals surface area contributed by atoms with Gasteiger partial charge in [-0.3, -0.25) is 4.79 Å². The summed E-state index contributed by atoms with van der Waals surface area (Å²) in [5.74, 6) is 0.718. The van der Waals surface area contributed by atoms with Crippen LogP contribution in [0.5, 0.6) is 5.75 Å². The monoisotopic (exact) mass is 275 g/mol. The fourth-order valence-corrected chi connectivity index (χ4v) is 2.59. The van der Waals surface area contributed by atoms with Crippen molar-refractivity contribution >= 4 is 22.9 Å². The van der Waals surface area contributed by atoms with E-state index in [1.807, 2.05) is 30.3 Å². The van der Waals surface area contributed by atoms with Crippen LogP contribution >= 0.6 is 11.3 Å². The number of para-hydroxylation sites is 2. The van der Waals surface area contributed by atoms with E-state index in [-0.39, 0.29) is 5.91 Å². The zero-order valence-electron chi connectivity index (χ0n) is 10.9. The van der Waals surface area contributed by atoms with E-state index in [1.165, 1.54) is 4.88 Å². The molecular formula is C15H17NO2S. The van der Waals surface area contributed by atoms with Crippen molar-refractivity contribution in [1.82, 2.24) is 0 Å². The molecule has 4 heteroatoms. The van der Waals surface area contributed by atoms with E-state index in [4.69, 9.17) is 4.74 Å². The van der Waals surface area contributed by atoms with Crippen LogP contribution in [-0.4, -0.2) is 13.0 Å². The summed E-state index contributed by atoms with van der Waals surface area (Å²) in [7, 11) is 1.60. The highest BCUT2D eigenvalue weighted by Crippen LogP contribution is 2.23. The van der Waals surface area contributed by atoms with E-state index < -0.39 is 0 Å². The molecule has 0 atom stereocenters. The maximum atomic E-state index is 11.8. The molecule has 0 fully saturated rings.